The molecule has 0 spiro atoms. The summed E-state index contributed by atoms with van der Waals surface area (Å²) in [7, 11) is 0. The lowest BCUT2D eigenvalue weighted by Gasteiger charge is -2.33. The molecule has 1 aromatic carbocycles. The molecule has 1 fully saturated rings. The SMILES string of the molecule is Brc1csc(N2CCN(CC#Cc3ccccc3)CC2)n1. The summed E-state index contributed by atoms with van der Waals surface area (Å²) in [6.45, 7) is 4.96. The second-order valence-corrected chi connectivity index (χ2v) is 6.53. The molecular formula is C16H16BrN3S. The van der Waals surface area contributed by atoms with Gasteiger partial charge < -0.3 is 4.90 Å². The number of rotatable bonds is 2. The summed E-state index contributed by atoms with van der Waals surface area (Å²) in [5.41, 5.74) is 1.09. The molecule has 1 aliphatic heterocycles. The van der Waals surface area contributed by atoms with Gasteiger partial charge in [0.05, 0.1) is 6.54 Å². The smallest absolute Gasteiger partial charge is 0.186 e. The first-order valence-corrected chi connectivity index (χ1v) is 8.61. The van der Waals surface area contributed by atoms with E-state index in [9.17, 15) is 0 Å². The van der Waals surface area contributed by atoms with Gasteiger partial charge in [0.2, 0.25) is 0 Å². The minimum Gasteiger partial charge on any atom is -0.345 e. The third kappa shape index (κ3) is 4.07. The number of hydrogen-bond donors (Lipinski definition) is 0. The fraction of sp³-hybridized carbons (Fsp3) is 0.312. The monoisotopic (exact) mass is 361 g/mol. The van der Waals surface area contributed by atoms with Gasteiger partial charge in [-0.05, 0) is 28.1 Å². The maximum Gasteiger partial charge on any atom is 0.186 e. The van der Waals surface area contributed by atoms with Crippen molar-refractivity contribution in [3.05, 3.63) is 45.9 Å². The van der Waals surface area contributed by atoms with Gasteiger partial charge in [0.25, 0.3) is 0 Å². The Hall–Kier alpha value is -1.35. The van der Waals surface area contributed by atoms with Crippen LogP contribution in [0.1, 0.15) is 5.56 Å². The number of thiazole rings is 1. The maximum absolute atomic E-state index is 4.48. The van der Waals surface area contributed by atoms with E-state index in [1.165, 1.54) is 0 Å². The molecule has 2 aromatic rings. The van der Waals surface area contributed by atoms with Gasteiger partial charge in [-0.25, -0.2) is 4.98 Å². The lowest BCUT2D eigenvalue weighted by Crippen LogP contribution is -2.46. The van der Waals surface area contributed by atoms with Crippen molar-refractivity contribution in [2.45, 2.75) is 0 Å². The minimum absolute atomic E-state index is 0.838. The lowest BCUT2D eigenvalue weighted by molar-refractivity contribution is 0.288. The van der Waals surface area contributed by atoms with Crippen LogP contribution in [0.5, 0.6) is 0 Å². The number of hydrogen-bond acceptors (Lipinski definition) is 4. The molecule has 0 aliphatic carbocycles. The molecule has 0 saturated carbocycles. The molecule has 3 nitrogen and oxygen atoms in total. The largest absolute Gasteiger partial charge is 0.345 e. The Kier molecular flexibility index (Phi) is 4.91. The van der Waals surface area contributed by atoms with Gasteiger partial charge in [-0.1, -0.05) is 30.0 Å². The van der Waals surface area contributed by atoms with Crippen LogP contribution >= 0.6 is 27.3 Å². The van der Waals surface area contributed by atoms with E-state index in [-0.39, 0.29) is 0 Å². The van der Waals surface area contributed by atoms with E-state index in [1.54, 1.807) is 11.3 Å². The maximum atomic E-state index is 4.48. The Bertz CT molecular complexity index is 636. The van der Waals surface area contributed by atoms with Gasteiger partial charge in [0.15, 0.2) is 5.13 Å². The molecule has 3 rings (SSSR count). The zero-order chi connectivity index (χ0) is 14.5. The molecule has 0 amide bonds. The molecule has 0 radical (unpaired) electrons. The van der Waals surface area contributed by atoms with E-state index < -0.39 is 0 Å². The van der Waals surface area contributed by atoms with Gasteiger partial charge >= 0.3 is 0 Å². The first-order valence-electron chi connectivity index (χ1n) is 6.93. The average Bonchev–Trinajstić information content (AvgIpc) is 2.96. The van der Waals surface area contributed by atoms with E-state index in [0.29, 0.717) is 0 Å². The highest BCUT2D eigenvalue weighted by Crippen LogP contribution is 2.24. The van der Waals surface area contributed by atoms with Crippen molar-refractivity contribution in [3.63, 3.8) is 0 Å². The average molecular weight is 362 g/mol. The molecule has 0 unspecified atom stereocenters. The van der Waals surface area contributed by atoms with Gasteiger partial charge in [-0.2, -0.15) is 0 Å². The predicted octanol–water partition coefficient (Wildman–Crippen LogP) is 3.08. The highest BCUT2D eigenvalue weighted by Gasteiger charge is 2.18. The van der Waals surface area contributed by atoms with Crippen molar-refractivity contribution in [1.82, 2.24) is 9.88 Å². The summed E-state index contributed by atoms with van der Waals surface area (Å²) in [5.74, 6) is 6.48. The first kappa shape index (κ1) is 14.6. The second kappa shape index (κ2) is 7.08. The Balaban J connectivity index is 1.49. The quantitative estimate of drug-likeness (QED) is 0.766. The third-order valence-electron chi connectivity index (χ3n) is 3.42. The number of benzene rings is 1. The normalized spacial score (nSPS) is 15.6. The van der Waals surface area contributed by atoms with Crippen LogP contribution in [0.2, 0.25) is 0 Å². The Morgan fingerprint density at radius 2 is 1.90 bits per heavy atom. The summed E-state index contributed by atoms with van der Waals surface area (Å²) < 4.78 is 0.929. The van der Waals surface area contributed by atoms with Gasteiger partial charge in [0.1, 0.15) is 4.60 Å². The molecule has 108 valence electrons. The van der Waals surface area contributed by atoms with Crippen LogP contribution < -0.4 is 4.90 Å². The van der Waals surface area contributed by atoms with Crippen molar-refractivity contribution >= 4 is 32.4 Å². The highest BCUT2D eigenvalue weighted by atomic mass is 79.9. The Morgan fingerprint density at radius 3 is 2.57 bits per heavy atom. The summed E-state index contributed by atoms with van der Waals surface area (Å²) in [6.07, 6.45) is 0. The van der Waals surface area contributed by atoms with Crippen LogP contribution in [0.15, 0.2) is 40.3 Å². The third-order valence-corrected chi connectivity index (χ3v) is 5.03. The summed E-state index contributed by atoms with van der Waals surface area (Å²) >= 11 is 5.10. The van der Waals surface area contributed by atoms with Crippen LogP contribution in [0.25, 0.3) is 0 Å². The zero-order valence-corrected chi connectivity index (χ0v) is 14.0. The van der Waals surface area contributed by atoms with Crippen molar-refractivity contribution in [2.24, 2.45) is 0 Å². The van der Waals surface area contributed by atoms with E-state index in [1.807, 2.05) is 35.7 Å². The van der Waals surface area contributed by atoms with Gasteiger partial charge in [-0.15, -0.1) is 11.3 Å². The summed E-state index contributed by atoms with van der Waals surface area (Å²) in [6, 6.07) is 10.2. The van der Waals surface area contributed by atoms with Gasteiger partial charge in [0, 0.05) is 37.1 Å². The fourth-order valence-corrected chi connectivity index (χ4v) is 3.57. The number of nitrogens with zero attached hydrogens (tertiary/aromatic N) is 3. The number of piperazine rings is 1. The van der Waals surface area contributed by atoms with E-state index in [4.69, 9.17) is 0 Å². The van der Waals surface area contributed by atoms with Crippen LogP contribution in [-0.2, 0) is 0 Å². The zero-order valence-electron chi connectivity index (χ0n) is 11.6. The summed E-state index contributed by atoms with van der Waals surface area (Å²) in [4.78, 5) is 9.22. The number of halogens is 1. The van der Waals surface area contributed by atoms with Crippen LogP contribution in [-0.4, -0.2) is 42.6 Å². The molecule has 0 bridgehead atoms. The molecule has 5 heteroatoms. The topological polar surface area (TPSA) is 19.4 Å². The van der Waals surface area contributed by atoms with E-state index in [0.717, 1.165) is 48.0 Å². The Morgan fingerprint density at radius 1 is 1.14 bits per heavy atom. The second-order valence-electron chi connectivity index (χ2n) is 4.88. The molecule has 1 aromatic heterocycles. The molecular weight excluding hydrogens is 346 g/mol. The van der Waals surface area contributed by atoms with Crippen LogP contribution in [0, 0.1) is 11.8 Å². The number of anilines is 1. The number of aromatic nitrogens is 1. The molecule has 2 heterocycles. The summed E-state index contributed by atoms with van der Waals surface area (Å²) in [5, 5.41) is 3.14. The van der Waals surface area contributed by atoms with Gasteiger partial charge in [-0.3, -0.25) is 4.90 Å². The molecule has 0 atom stereocenters. The molecule has 21 heavy (non-hydrogen) atoms. The standard InChI is InChI=1S/C16H16BrN3S/c17-15-13-21-16(18-15)20-11-9-19(10-12-20)8-4-7-14-5-2-1-3-6-14/h1-3,5-6,13H,8-12H2. The predicted molar refractivity (Wildman–Crippen MR) is 91.8 cm³/mol. The highest BCUT2D eigenvalue weighted by molar-refractivity contribution is 9.10. The molecule has 0 N–H and O–H groups in total. The van der Waals surface area contributed by atoms with E-state index >= 15 is 0 Å². The van der Waals surface area contributed by atoms with Crippen LogP contribution in [0.4, 0.5) is 5.13 Å². The molecule has 1 aliphatic rings. The fourth-order valence-electron chi connectivity index (χ4n) is 2.26. The van der Waals surface area contributed by atoms with Crippen molar-refractivity contribution < 1.29 is 0 Å². The van der Waals surface area contributed by atoms with Crippen molar-refractivity contribution in [2.75, 3.05) is 37.6 Å². The first-order chi connectivity index (χ1) is 10.3. The minimum atomic E-state index is 0.838. The molecule has 1 saturated heterocycles. The van der Waals surface area contributed by atoms with Crippen molar-refractivity contribution in [3.8, 4) is 11.8 Å². The van der Waals surface area contributed by atoms with Crippen molar-refractivity contribution in [1.29, 1.82) is 0 Å². The van der Waals surface area contributed by atoms with E-state index in [2.05, 4.69) is 42.6 Å². The van der Waals surface area contributed by atoms with Crippen LogP contribution in [0.3, 0.4) is 0 Å². The lowest BCUT2D eigenvalue weighted by atomic mass is 10.2. The Labute approximate surface area is 137 Å².